The Hall–Kier alpha value is -0.0400. The molecule has 2 rings (SSSR count). The van der Waals surface area contributed by atoms with Gasteiger partial charge in [-0.25, -0.2) is 0 Å². The fourth-order valence-electron chi connectivity index (χ4n) is 2.81. The molecule has 1 heterocycles. The van der Waals surface area contributed by atoms with E-state index in [9.17, 15) is 0 Å². The van der Waals surface area contributed by atoms with Crippen LogP contribution in [0.2, 0.25) is 0 Å². The topological polar surface area (TPSA) is 3.24 Å². The van der Waals surface area contributed by atoms with Crippen LogP contribution in [0.5, 0.6) is 0 Å². The number of likely N-dealkylation sites (tertiary alicyclic amines) is 1. The van der Waals surface area contributed by atoms with Gasteiger partial charge in [0.05, 0.1) is 0 Å². The molecule has 1 aliphatic heterocycles. The van der Waals surface area contributed by atoms with Gasteiger partial charge in [0.15, 0.2) is 0 Å². The zero-order valence-corrected chi connectivity index (χ0v) is 7.71. The number of hydrogen-bond acceptors (Lipinski definition) is 1. The summed E-state index contributed by atoms with van der Waals surface area (Å²) in [6.07, 6.45) is 5.95. The Balaban J connectivity index is 2.03. The number of nitrogens with zero attached hydrogens (tertiary/aromatic N) is 1. The maximum absolute atomic E-state index is 2.71. The lowest BCUT2D eigenvalue weighted by Crippen LogP contribution is -2.34. The van der Waals surface area contributed by atoms with Crippen LogP contribution in [-0.4, -0.2) is 23.5 Å². The van der Waals surface area contributed by atoms with Gasteiger partial charge >= 0.3 is 0 Å². The normalized spacial score (nSPS) is 38.5. The summed E-state index contributed by atoms with van der Waals surface area (Å²) in [5, 5.41) is 0. The molecule has 1 nitrogen and oxygen atoms in total. The third-order valence-electron chi connectivity index (χ3n) is 3.36. The molecular formula is C10H19N. The minimum Gasteiger partial charge on any atom is -0.298 e. The van der Waals surface area contributed by atoms with E-state index in [2.05, 4.69) is 18.7 Å². The summed E-state index contributed by atoms with van der Waals surface area (Å²) in [6.45, 7) is 6.06. The fourth-order valence-corrected chi connectivity index (χ4v) is 2.81. The van der Waals surface area contributed by atoms with Crippen LogP contribution in [0, 0.1) is 5.92 Å². The zero-order valence-electron chi connectivity index (χ0n) is 7.71. The van der Waals surface area contributed by atoms with Crippen molar-refractivity contribution < 1.29 is 0 Å². The van der Waals surface area contributed by atoms with Gasteiger partial charge in [-0.15, -0.1) is 0 Å². The first-order chi connectivity index (χ1) is 5.27. The molecule has 0 unspecified atom stereocenters. The highest BCUT2D eigenvalue weighted by Gasteiger charge is 2.35. The highest BCUT2D eigenvalue weighted by atomic mass is 15.2. The number of fused-ring (bicyclic) bond motifs is 2. The molecule has 11 heavy (non-hydrogen) atoms. The van der Waals surface area contributed by atoms with E-state index in [1.807, 2.05) is 0 Å². The third kappa shape index (κ3) is 1.31. The molecule has 1 heteroatoms. The smallest absolute Gasteiger partial charge is 0.0101 e. The van der Waals surface area contributed by atoms with Crippen molar-refractivity contribution in [2.75, 3.05) is 6.54 Å². The summed E-state index contributed by atoms with van der Waals surface area (Å²) < 4.78 is 0. The SMILES string of the molecule is CC(C)N1C[C@H]2CCC[C@H]1C2. The Kier molecular flexibility index (Phi) is 1.92. The molecule has 0 aromatic heterocycles. The van der Waals surface area contributed by atoms with E-state index in [4.69, 9.17) is 0 Å². The first kappa shape index (κ1) is 7.60. The van der Waals surface area contributed by atoms with Crippen molar-refractivity contribution in [1.82, 2.24) is 4.90 Å². The van der Waals surface area contributed by atoms with Crippen LogP contribution in [0.1, 0.15) is 39.5 Å². The molecule has 1 saturated heterocycles. The first-order valence-electron chi connectivity index (χ1n) is 5.03. The highest BCUT2D eigenvalue weighted by molar-refractivity contribution is 4.90. The molecule has 0 amide bonds. The summed E-state index contributed by atoms with van der Waals surface area (Å²) in [7, 11) is 0. The maximum Gasteiger partial charge on any atom is 0.0101 e. The van der Waals surface area contributed by atoms with Gasteiger partial charge in [-0.1, -0.05) is 6.42 Å². The van der Waals surface area contributed by atoms with Gasteiger partial charge in [0.25, 0.3) is 0 Å². The molecule has 2 aliphatic rings. The lowest BCUT2D eigenvalue weighted by molar-refractivity contribution is 0.198. The van der Waals surface area contributed by atoms with Gasteiger partial charge in [-0.05, 0) is 39.0 Å². The van der Waals surface area contributed by atoms with Crippen LogP contribution in [0.15, 0.2) is 0 Å². The van der Waals surface area contributed by atoms with Crippen molar-refractivity contribution in [2.45, 2.75) is 51.6 Å². The second kappa shape index (κ2) is 2.78. The van der Waals surface area contributed by atoms with Crippen molar-refractivity contribution in [3.05, 3.63) is 0 Å². The predicted molar refractivity (Wildman–Crippen MR) is 47.6 cm³/mol. The van der Waals surface area contributed by atoms with Gasteiger partial charge in [0.2, 0.25) is 0 Å². The van der Waals surface area contributed by atoms with Crippen molar-refractivity contribution >= 4 is 0 Å². The largest absolute Gasteiger partial charge is 0.298 e. The first-order valence-corrected chi connectivity index (χ1v) is 5.03. The van der Waals surface area contributed by atoms with Crippen LogP contribution in [0.25, 0.3) is 0 Å². The monoisotopic (exact) mass is 153 g/mol. The molecule has 1 aliphatic carbocycles. The minimum atomic E-state index is 0.781. The Morgan fingerprint density at radius 2 is 2.09 bits per heavy atom. The fraction of sp³-hybridized carbons (Fsp3) is 1.00. The van der Waals surface area contributed by atoms with Crippen molar-refractivity contribution in [1.29, 1.82) is 0 Å². The molecular weight excluding hydrogens is 134 g/mol. The van der Waals surface area contributed by atoms with E-state index >= 15 is 0 Å². The lowest BCUT2D eigenvalue weighted by Gasteiger charge is -2.27. The average molecular weight is 153 g/mol. The Labute approximate surface area is 69.8 Å². The summed E-state index contributed by atoms with van der Waals surface area (Å²) in [5.74, 6) is 1.05. The second-order valence-electron chi connectivity index (χ2n) is 4.48. The minimum absolute atomic E-state index is 0.781. The molecule has 0 spiro atoms. The average Bonchev–Trinajstić information content (AvgIpc) is 2.27. The van der Waals surface area contributed by atoms with E-state index in [-0.39, 0.29) is 0 Å². The van der Waals surface area contributed by atoms with Gasteiger partial charge in [-0.2, -0.15) is 0 Å². The lowest BCUT2D eigenvalue weighted by atomic mass is 9.90. The van der Waals surface area contributed by atoms with Crippen LogP contribution < -0.4 is 0 Å². The molecule has 0 N–H and O–H groups in total. The Morgan fingerprint density at radius 1 is 1.27 bits per heavy atom. The second-order valence-corrected chi connectivity index (χ2v) is 4.48. The van der Waals surface area contributed by atoms with Crippen molar-refractivity contribution in [3.63, 3.8) is 0 Å². The Bertz CT molecular complexity index is 142. The molecule has 2 fully saturated rings. The molecule has 64 valence electrons. The standard InChI is InChI=1S/C10H19N/c1-8(2)11-7-9-4-3-5-10(11)6-9/h8-10H,3-7H2,1-2H3/t9-,10-/m0/s1. The quantitative estimate of drug-likeness (QED) is 0.558. The predicted octanol–water partition coefficient (Wildman–Crippen LogP) is 2.27. The highest BCUT2D eigenvalue weighted by Crippen LogP contribution is 2.36. The zero-order chi connectivity index (χ0) is 7.84. The number of hydrogen-bond donors (Lipinski definition) is 0. The molecule has 0 aromatic carbocycles. The van der Waals surface area contributed by atoms with E-state index in [0.717, 1.165) is 18.0 Å². The molecule has 0 radical (unpaired) electrons. The van der Waals surface area contributed by atoms with Gasteiger partial charge < -0.3 is 0 Å². The summed E-state index contributed by atoms with van der Waals surface area (Å²) in [5.41, 5.74) is 0. The van der Waals surface area contributed by atoms with Gasteiger partial charge in [0, 0.05) is 18.6 Å². The van der Waals surface area contributed by atoms with E-state index < -0.39 is 0 Å². The third-order valence-corrected chi connectivity index (χ3v) is 3.36. The molecule has 1 saturated carbocycles. The summed E-state index contributed by atoms with van der Waals surface area (Å²) in [4.78, 5) is 2.71. The van der Waals surface area contributed by atoms with Crippen molar-refractivity contribution in [3.8, 4) is 0 Å². The number of rotatable bonds is 1. The Morgan fingerprint density at radius 3 is 2.73 bits per heavy atom. The summed E-state index contributed by atoms with van der Waals surface area (Å²) >= 11 is 0. The van der Waals surface area contributed by atoms with Crippen LogP contribution >= 0.6 is 0 Å². The van der Waals surface area contributed by atoms with Crippen LogP contribution in [0.4, 0.5) is 0 Å². The molecule has 2 atom stereocenters. The van der Waals surface area contributed by atoms with Crippen LogP contribution in [-0.2, 0) is 0 Å². The maximum atomic E-state index is 2.71. The molecule has 2 bridgehead atoms. The summed E-state index contributed by atoms with van der Waals surface area (Å²) in [6, 6.07) is 1.73. The van der Waals surface area contributed by atoms with Gasteiger partial charge in [-0.3, -0.25) is 4.90 Å². The van der Waals surface area contributed by atoms with E-state index in [1.54, 1.807) is 0 Å². The van der Waals surface area contributed by atoms with Crippen LogP contribution in [0.3, 0.4) is 0 Å². The van der Waals surface area contributed by atoms with E-state index in [0.29, 0.717) is 0 Å². The molecule has 0 aromatic rings. The van der Waals surface area contributed by atoms with E-state index in [1.165, 1.54) is 32.2 Å². The van der Waals surface area contributed by atoms with Crippen molar-refractivity contribution in [2.24, 2.45) is 5.92 Å². The van der Waals surface area contributed by atoms with Gasteiger partial charge in [0.1, 0.15) is 0 Å².